The number of para-hydroxylation sites is 1. The molecule has 17 heavy (non-hydrogen) atoms. The van der Waals surface area contributed by atoms with Gasteiger partial charge in [0.2, 0.25) is 0 Å². The molecule has 2 aromatic rings. The van der Waals surface area contributed by atoms with Gasteiger partial charge in [0.05, 0.1) is 17.1 Å². The Morgan fingerprint density at radius 3 is 2.88 bits per heavy atom. The zero-order valence-electron chi connectivity index (χ0n) is 9.22. The molecule has 0 spiro atoms. The maximum Gasteiger partial charge on any atom is 0.260 e. The average molecular weight is 251 g/mol. The number of nitrogens with zero attached hydrogens (tertiary/aromatic N) is 3. The molecular formula is C11H11ClN4O. The molecule has 6 heteroatoms. The molecule has 1 aromatic heterocycles. The molecule has 0 radical (unpaired) electrons. The van der Waals surface area contributed by atoms with E-state index in [1.165, 1.54) is 0 Å². The van der Waals surface area contributed by atoms with Crippen molar-refractivity contribution in [3.63, 3.8) is 0 Å². The highest BCUT2D eigenvalue weighted by Crippen LogP contribution is 2.28. The van der Waals surface area contributed by atoms with Gasteiger partial charge >= 0.3 is 0 Å². The van der Waals surface area contributed by atoms with Gasteiger partial charge in [0, 0.05) is 0 Å². The summed E-state index contributed by atoms with van der Waals surface area (Å²) < 4.78 is 5.10. The monoisotopic (exact) mass is 250 g/mol. The number of halogens is 1. The van der Waals surface area contributed by atoms with Crippen LogP contribution < -0.4 is 5.73 Å². The normalized spacial score (nSPS) is 11.8. The number of alkyl halides is 1. The standard InChI is InChI=1S/C11H11ClN4O/c1-7-14-11(17-16-7)8-4-2-3-5-9(8)15-10(13)6-12/h2-5H,6H2,1H3,(H2,13,15). The van der Waals surface area contributed by atoms with Gasteiger partial charge in [-0.2, -0.15) is 4.98 Å². The number of rotatable bonds is 3. The smallest absolute Gasteiger partial charge is 0.260 e. The molecule has 0 amide bonds. The van der Waals surface area contributed by atoms with Gasteiger partial charge in [-0.25, -0.2) is 4.99 Å². The van der Waals surface area contributed by atoms with Crippen LogP contribution in [0.25, 0.3) is 11.5 Å². The van der Waals surface area contributed by atoms with Gasteiger partial charge in [0.15, 0.2) is 5.82 Å². The number of hydrogen-bond acceptors (Lipinski definition) is 4. The summed E-state index contributed by atoms with van der Waals surface area (Å²) in [5, 5.41) is 3.74. The van der Waals surface area contributed by atoms with Gasteiger partial charge in [-0.3, -0.25) is 0 Å². The molecule has 0 fully saturated rings. The first-order chi connectivity index (χ1) is 8.20. The second-order valence-electron chi connectivity index (χ2n) is 3.40. The number of hydrogen-bond donors (Lipinski definition) is 1. The fraction of sp³-hybridized carbons (Fsp3) is 0.182. The molecule has 2 rings (SSSR count). The van der Waals surface area contributed by atoms with Crippen LogP contribution >= 0.6 is 11.6 Å². The van der Waals surface area contributed by atoms with Crippen molar-refractivity contribution in [2.24, 2.45) is 10.7 Å². The molecule has 5 nitrogen and oxygen atoms in total. The van der Waals surface area contributed by atoms with E-state index < -0.39 is 0 Å². The summed E-state index contributed by atoms with van der Waals surface area (Å²) in [6.45, 7) is 1.76. The van der Waals surface area contributed by atoms with Crippen molar-refractivity contribution in [1.29, 1.82) is 0 Å². The lowest BCUT2D eigenvalue weighted by molar-refractivity contribution is 0.426. The highest BCUT2D eigenvalue weighted by Gasteiger charge is 2.10. The highest BCUT2D eigenvalue weighted by molar-refractivity contribution is 6.28. The SMILES string of the molecule is Cc1noc(-c2ccccc2N=C(N)CCl)n1. The molecule has 0 saturated carbocycles. The third-order valence-electron chi connectivity index (χ3n) is 2.06. The molecule has 2 N–H and O–H groups in total. The summed E-state index contributed by atoms with van der Waals surface area (Å²) in [7, 11) is 0. The van der Waals surface area contributed by atoms with Crippen LogP contribution in [0.5, 0.6) is 0 Å². The van der Waals surface area contributed by atoms with Crippen molar-refractivity contribution in [3.8, 4) is 11.5 Å². The Bertz CT molecular complexity index is 550. The van der Waals surface area contributed by atoms with Gasteiger partial charge in [0.25, 0.3) is 5.89 Å². The predicted molar refractivity (Wildman–Crippen MR) is 66.5 cm³/mol. The van der Waals surface area contributed by atoms with E-state index in [1.54, 1.807) is 6.92 Å². The molecule has 1 aromatic carbocycles. The summed E-state index contributed by atoms with van der Waals surface area (Å²) in [5.41, 5.74) is 7.01. The van der Waals surface area contributed by atoms with Gasteiger partial charge in [0.1, 0.15) is 5.84 Å². The highest BCUT2D eigenvalue weighted by atomic mass is 35.5. The van der Waals surface area contributed by atoms with Crippen molar-refractivity contribution in [2.45, 2.75) is 6.92 Å². The molecule has 0 aliphatic carbocycles. The summed E-state index contributed by atoms with van der Waals surface area (Å²) in [6, 6.07) is 7.37. The van der Waals surface area contributed by atoms with Crippen LogP contribution in [0.15, 0.2) is 33.8 Å². The third-order valence-corrected chi connectivity index (χ3v) is 2.34. The van der Waals surface area contributed by atoms with Crippen LogP contribution in [0.3, 0.4) is 0 Å². The Hall–Kier alpha value is -1.88. The zero-order valence-corrected chi connectivity index (χ0v) is 9.98. The number of amidine groups is 1. The predicted octanol–water partition coefficient (Wildman–Crippen LogP) is 2.27. The van der Waals surface area contributed by atoms with E-state index in [-0.39, 0.29) is 5.88 Å². The maximum atomic E-state index is 5.61. The number of aryl methyl sites for hydroxylation is 1. The van der Waals surface area contributed by atoms with E-state index in [2.05, 4.69) is 15.1 Å². The van der Waals surface area contributed by atoms with Crippen molar-refractivity contribution < 1.29 is 4.52 Å². The van der Waals surface area contributed by atoms with Crippen molar-refractivity contribution in [1.82, 2.24) is 10.1 Å². The Morgan fingerprint density at radius 1 is 1.47 bits per heavy atom. The van der Waals surface area contributed by atoms with Gasteiger partial charge in [-0.1, -0.05) is 17.3 Å². The first-order valence-electron chi connectivity index (χ1n) is 4.99. The van der Waals surface area contributed by atoms with E-state index in [4.69, 9.17) is 21.9 Å². The van der Waals surface area contributed by atoms with Crippen molar-refractivity contribution in [3.05, 3.63) is 30.1 Å². The summed E-state index contributed by atoms with van der Waals surface area (Å²) >= 11 is 5.60. The van der Waals surface area contributed by atoms with Crippen LogP contribution in [-0.2, 0) is 0 Å². The Kier molecular flexibility index (Phi) is 3.39. The van der Waals surface area contributed by atoms with E-state index in [1.807, 2.05) is 24.3 Å². The topological polar surface area (TPSA) is 77.3 Å². The third kappa shape index (κ3) is 2.62. The molecule has 1 heterocycles. The minimum atomic E-state index is 0.178. The summed E-state index contributed by atoms with van der Waals surface area (Å²) in [6.07, 6.45) is 0. The molecule has 0 aliphatic heterocycles. The number of aromatic nitrogens is 2. The average Bonchev–Trinajstić information content (AvgIpc) is 2.76. The van der Waals surface area contributed by atoms with Crippen LogP contribution in [-0.4, -0.2) is 21.9 Å². The minimum Gasteiger partial charge on any atom is -0.386 e. The van der Waals surface area contributed by atoms with Crippen LogP contribution in [0.4, 0.5) is 5.69 Å². The van der Waals surface area contributed by atoms with E-state index in [9.17, 15) is 0 Å². The first-order valence-corrected chi connectivity index (χ1v) is 5.53. The minimum absolute atomic E-state index is 0.178. The molecule has 88 valence electrons. The first kappa shape index (κ1) is 11.6. The summed E-state index contributed by atoms with van der Waals surface area (Å²) in [5.74, 6) is 1.51. The van der Waals surface area contributed by atoms with E-state index in [0.29, 0.717) is 23.2 Å². The maximum absolute atomic E-state index is 5.61. The molecule has 0 unspecified atom stereocenters. The lowest BCUT2D eigenvalue weighted by Crippen LogP contribution is -2.12. The number of benzene rings is 1. The van der Waals surface area contributed by atoms with Crippen molar-refractivity contribution >= 4 is 23.1 Å². The molecular weight excluding hydrogens is 240 g/mol. The van der Waals surface area contributed by atoms with Crippen LogP contribution in [0.2, 0.25) is 0 Å². The number of nitrogens with two attached hydrogens (primary N) is 1. The lowest BCUT2D eigenvalue weighted by Gasteiger charge is -2.01. The molecule has 0 atom stereocenters. The zero-order chi connectivity index (χ0) is 12.3. The van der Waals surface area contributed by atoms with Gasteiger partial charge < -0.3 is 10.3 Å². The van der Waals surface area contributed by atoms with E-state index in [0.717, 1.165) is 5.56 Å². The Morgan fingerprint density at radius 2 is 2.24 bits per heavy atom. The molecule has 0 saturated heterocycles. The number of aliphatic imine (C=N–C) groups is 1. The second kappa shape index (κ2) is 4.97. The lowest BCUT2D eigenvalue weighted by atomic mass is 10.2. The molecule has 0 bridgehead atoms. The van der Waals surface area contributed by atoms with Gasteiger partial charge in [-0.15, -0.1) is 11.6 Å². The van der Waals surface area contributed by atoms with Crippen LogP contribution in [0.1, 0.15) is 5.82 Å². The van der Waals surface area contributed by atoms with Gasteiger partial charge in [-0.05, 0) is 19.1 Å². The summed E-state index contributed by atoms with van der Waals surface area (Å²) in [4.78, 5) is 8.35. The second-order valence-corrected chi connectivity index (χ2v) is 3.67. The van der Waals surface area contributed by atoms with E-state index >= 15 is 0 Å². The van der Waals surface area contributed by atoms with Crippen molar-refractivity contribution in [2.75, 3.05) is 5.88 Å². The fourth-order valence-corrected chi connectivity index (χ4v) is 1.40. The fourth-order valence-electron chi connectivity index (χ4n) is 1.34. The molecule has 0 aliphatic rings. The Balaban J connectivity index is 2.48. The largest absolute Gasteiger partial charge is 0.386 e. The quantitative estimate of drug-likeness (QED) is 0.515. The Labute approximate surface area is 103 Å². The van der Waals surface area contributed by atoms with Crippen LogP contribution in [0, 0.1) is 6.92 Å².